The molecular formula is C16H22ClN3O3. The first kappa shape index (κ1) is 17.8. The summed E-state index contributed by atoms with van der Waals surface area (Å²) in [5.74, 6) is 5.86. The summed E-state index contributed by atoms with van der Waals surface area (Å²) in [4.78, 5) is 23.3. The van der Waals surface area contributed by atoms with Crippen molar-refractivity contribution in [1.29, 1.82) is 0 Å². The Morgan fingerprint density at radius 2 is 1.83 bits per heavy atom. The highest BCUT2D eigenvalue weighted by Gasteiger charge is 2.46. The molecule has 2 N–H and O–H groups in total. The van der Waals surface area contributed by atoms with Crippen LogP contribution in [-0.4, -0.2) is 26.8 Å². The van der Waals surface area contributed by atoms with Crippen molar-refractivity contribution in [2.24, 2.45) is 11.8 Å². The minimum Gasteiger partial charge on any atom is -0.294 e. The van der Waals surface area contributed by atoms with Gasteiger partial charge in [0.25, 0.3) is 5.69 Å². The fourth-order valence-electron chi connectivity index (χ4n) is 3.52. The lowest BCUT2D eigenvalue weighted by Gasteiger charge is -2.52. The number of hydrogen-bond acceptors (Lipinski definition) is 5. The van der Waals surface area contributed by atoms with E-state index in [1.165, 1.54) is 12.1 Å². The number of nitrogens with two attached hydrogens (primary N) is 1. The van der Waals surface area contributed by atoms with E-state index in [-0.39, 0.29) is 33.5 Å². The second-order valence-electron chi connectivity index (χ2n) is 7.39. The molecule has 0 aromatic heterocycles. The standard InChI is InChI=1S/C16H22ClN3O3/c1-15(2)8-11(9-16(3,4)20(15)18)14(21)10-5-6-12(17)13(7-10)19(22)23/h5-7,11H,8-9,18H2,1-4H3. The summed E-state index contributed by atoms with van der Waals surface area (Å²) in [6.07, 6.45) is 1.20. The molecule has 6 nitrogen and oxygen atoms in total. The number of piperidine rings is 1. The van der Waals surface area contributed by atoms with Crippen LogP contribution in [0.25, 0.3) is 0 Å². The van der Waals surface area contributed by atoms with Gasteiger partial charge in [-0.25, -0.2) is 5.01 Å². The minimum absolute atomic E-state index is 0.0315. The third-order valence-electron chi connectivity index (χ3n) is 4.59. The zero-order valence-corrected chi connectivity index (χ0v) is 14.6. The molecule has 1 aromatic carbocycles. The number of carbonyl (C=O) groups is 1. The van der Waals surface area contributed by atoms with Crippen LogP contribution in [0.5, 0.6) is 0 Å². The Bertz CT molecular complexity index is 640. The lowest BCUT2D eigenvalue weighted by molar-refractivity contribution is -0.384. The quantitative estimate of drug-likeness (QED) is 0.393. The van der Waals surface area contributed by atoms with Crippen molar-refractivity contribution in [1.82, 2.24) is 5.01 Å². The molecule has 0 radical (unpaired) electrons. The van der Waals surface area contributed by atoms with Crippen LogP contribution in [0.4, 0.5) is 5.69 Å². The fraction of sp³-hybridized carbons (Fsp3) is 0.562. The van der Waals surface area contributed by atoms with Gasteiger partial charge in [0.1, 0.15) is 5.02 Å². The molecule has 1 fully saturated rings. The summed E-state index contributed by atoms with van der Waals surface area (Å²) in [5.41, 5.74) is -0.587. The summed E-state index contributed by atoms with van der Waals surface area (Å²) in [7, 11) is 0. The molecule has 23 heavy (non-hydrogen) atoms. The number of carbonyl (C=O) groups excluding carboxylic acids is 1. The number of nitro benzene ring substituents is 1. The van der Waals surface area contributed by atoms with Crippen LogP contribution in [-0.2, 0) is 0 Å². The van der Waals surface area contributed by atoms with Gasteiger partial charge in [0, 0.05) is 28.6 Å². The van der Waals surface area contributed by atoms with Crippen molar-refractivity contribution >= 4 is 23.1 Å². The van der Waals surface area contributed by atoms with Crippen LogP contribution in [0.2, 0.25) is 5.02 Å². The second-order valence-corrected chi connectivity index (χ2v) is 7.79. The highest BCUT2D eigenvalue weighted by atomic mass is 35.5. The summed E-state index contributed by atoms with van der Waals surface area (Å²) < 4.78 is 0. The maximum absolute atomic E-state index is 12.8. The number of halogens is 1. The maximum atomic E-state index is 12.8. The lowest BCUT2D eigenvalue weighted by atomic mass is 9.72. The van der Waals surface area contributed by atoms with Crippen molar-refractivity contribution < 1.29 is 9.72 Å². The molecule has 0 unspecified atom stereocenters. The van der Waals surface area contributed by atoms with Gasteiger partial charge < -0.3 is 0 Å². The number of nitrogens with zero attached hydrogens (tertiary/aromatic N) is 2. The molecular weight excluding hydrogens is 318 g/mol. The van der Waals surface area contributed by atoms with Gasteiger partial charge in [-0.05, 0) is 52.7 Å². The zero-order chi connectivity index (χ0) is 17.6. The number of hydrazine groups is 1. The molecule has 0 bridgehead atoms. The highest BCUT2D eigenvalue weighted by Crippen LogP contribution is 2.40. The molecule has 7 heteroatoms. The van der Waals surface area contributed by atoms with Gasteiger partial charge in [0.15, 0.2) is 5.78 Å². The molecule has 0 saturated carbocycles. The van der Waals surface area contributed by atoms with E-state index in [0.29, 0.717) is 18.4 Å². The predicted molar refractivity (Wildman–Crippen MR) is 89.3 cm³/mol. The number of ketones is 1. The summed E-state index contributed by atoms with van der Waals surface area (Å²) in [5, 5.41) is 12.8. The van der Waals surface area contributed by atoms with E-state index < -0.39 is 4.92 Å². The van der Waals surface area contributed by atoms with Gasteiger partial charge in [-0.15, -0.1) is 0 Å². The molecule has 0 amide bonds. The van der Waals surface area contributed by atoms with Crippen LogP contribution >= 0.6 is 11.6 Å². The normalized spacial score (nSPS) is 21.1. The SMILES string of the molecule is CC1(C)CC(C(=O)c2ccc(Cl)c([N+](=O)[O-])c2)CC(C)(C)N1N. The first-order valence-corrected chi connectivity index (χ1v) is 7.87. The van der Waals surface area contributed by atoms with Gasteiger partial charge in [-0.1, -0.05) is 11.6 Å². The van der Waals surface area contributed by atoms with E-state index in [2.05, 4.69) is 0 Å². The van der Waals surface area contributed by atoms with E-state index in [9.17, 15) is 14.9 Å². The molecule has 2 rings (SSSR count). The Balaban J connectivity index is 2.34. The molecule has 1 aliphatic rings. The molecule has 0 atom stereocenters. The predicted octanol–water partition coefficient (Wildman–Crippen LogP) is 3.57. The van der Waals surface area contributed by atoms with Crippen molar-refractivity contribution in [2.75, 3.05) is 0 Å². The Kier molecular flexibility index (Phi) is 4.54. The van der Waals surface area contributed by atoms with Crippen LogP contribution < -0.4 is 5.84 Å². The fourth-order valence-corrected chi connectivity index (χ4v) is 3.71. The Morgan fingerprint density at radius 3 is 2.30 bits per heavy atom. The van der Waals surface area contributed by atoms with E-state index in [0.717, 1.165) is 0 Å². The lowest BCUT2D eigenvalue weighted by Crippen LogP contribution is -2.64. The van der Waals surface area contributed by atoms with Crippen LogP contribution in [0.15, 0.2) is 18.2 Å². The molecule has 126 valence electrons. The Hall–Kier alpha value is -1.50. The third-order valence-corrected chi connectivity index (χ3v) is 4.91. The van der Waals surface area contributed by atoms with Crippen LogP contribution in [0.3, 0.4) is 0 Å². The van der Waals surface area contributed by atoms with Gasteiger partial charge in [0.2, 0.25) is 0 Å². The van der Waals surface area contributed by atoms with Gasteiger partial charge in [-0.2, -0.15) is 0 Å². The monoisotopic (exact) mass is 339 g/mol. The van der Waals surface area contributed by atoms with Crippen molar-refractivity contribution in [2.45, 2.75) is 51.6 Å². The number of hydrogen-bond donors (Lipinski definition) is 1. The molecule has 1 aromatic rings. The van der Waals surface area contributed by atoms with Crippen molar-refractivity contribution in [3.8, 4) is 0 Å². The average molecular weight is 340 g/mol. The average Bonchev–Trinajstić information content (AvgIpc) is 2.43. The summed E-state index contributed by atoms with van der Waals surface area (Å²) in [6, 6.07) is 4.22. The molecule has 0 aliphatic carbocycles. The van der Waals surface area contributed by atoms with Crippen LogP contribution in [0, 0.1) is 16.0 Å². The van der Waals surface area contributed by atoms with E-state index in [4.69, 9.17) is 17.4 Å². The van der Waals surface area contributed by atoms with E-state index >= 15 is 0 Å². The number of rotatable bonds is 3. The van der Waals surface area contributed by atoms with Gasteiger partial charge in [0.05, 0.1) is 4.92 Å². The van der Waals surface area contributed by atoms with Gasteiger partial charge in [-0.3, -0.25) is 20.8 Å². The number of nitro groups is 1. The number of benzene rings is 1. The molecule has 1 saturated heterocycles. The van der Waals surface area contributed by atoms with Crippen molar-refractivity contribution in [3.05, 3.63) is 38.9 Å². The first-order chi connectivity index (χ1) is 10.5. The molecule has 0 spiro atoms. The Morgan fingerprint density at radius 1 is 1.30 bits per heavy atom. The molecule has 1 heterocycles. The van der Waals surface area contributed by atoms with E-state index in [1.54, 1.807) is 11.1 Å². The second kappa shape index (κ2) is 5.85. The summed E-state index contributed by atoms with van der Waals surface area (Å²) in [6.45, 7) is 7.99. The summed E-state index contributed by atoms with van der Waals surface area (Å²) >= 11 is 5.82. The smallest absolute Gasteiger partial charge is 0.288 e. The number of Topliss-reactive ketones (excluding diaryl/α,β-unsaturated/α-hetero) is 1. The van der Waals surface area contributed by atoms with Crippen molar-refractivity contribution in [3.63, 3.8) is 0 Å². The largest absolute Gasteiger partial charge is 0.294 e. The maximum Gasteiger partial charge on any atom is 0.288 e. The van der Waals surface area contributed by atoms with Gasteiger partial charge >= 0.3 is 0 Å². The highest BCUT2D eigenvalue weighted by molar-refractivity contribution is 6.32. The third kappa shape index (κ3) is 3.39. The molecule has 1 aliphatic heterocycles. The van der Waals surface area contributed by atoms with Crippen LogP contribution in [0.1, 0.15) is 50.9 Å². The minimum atomic E-state index is -0.574. The first-order valence-electron chi connectivity index (χ1n) is 7.49. The topological polar surface area (TPSA) is 89.5 Å². The zero-order valence-electron chi connectivity index (χ0n) is 13.8. The van der Waals surface area contributed by atoms with E-state index in [1.807, 2.05) is 27.7 Å². The Labute approximate surface area is 140 Å².